The summed E-state index contributed by atoms with van der Waals surface area (Å²) in [6, 6.07) is 0. The molecule has 0 aromatic rings. The van der Waals surface area contributed by atoms with Crippen molar-refractivity contribution in [3.63, 3.8) is 0 Å². The summed E-state index contributed by atoms with van der Waals surface area (Å²) in [5.74, 6) is 0. The molecule has 0 bridgehead atoms. The fourth-order valence-corrected chi connectivity index (χ4v) is 1.07. The largest absolute Gasteiger partial charge is 0.233 e. The Morgan fingerprint density at radius 2 is 1.57 bits per heavy atom. The van der Waals surface area contributed by atoms with Crippen LogP contribution in [0.1, 0.15) is 32.1 Å². The number of hydrogen-bond acceptors (Lipinski definition) is 0. The van der Waals surface area contributed by atoms with Crippen LogP contribution in [0.15, 0.2) is 0 Å². The lowest BCUT2D eigenvalue weighted by atomic mass is 9.98. The van der Waals surface area contributed by atoms with Crippen LogP contribution in [0.2, 0.25) is 0 Å². The molecule has 1 saturated carbocycles. The summed E-state index contributed by atoms with van der Waals surface area (Å²) in [7, 11) is 0. The molecule has 0 aromatic carbocycles. The van der Waals surface area contributed by atoms with Gasteiger partial charge in [-0.2, -0.15) is 0 Å². The zero-order valence-corrected chi connectivity index (χ0v) is 4.52. The normalized spacial score (nSPS) is 25.3. The first kappa shape index (κ1) is 5.10. The van der Waals surface area contributed by atoms with Crippen molar-refractivity contribution in [3.05, 3.63) is 0 Å². The molecule has 0 atom stereocenters. The Balaban J connectivity index is 2.12. The third kappa shape index (κ3) is 1.48. The molecular weight excluding hydrogens is 88.1 g/mol. The van der Waals surface area contributed by atoms with Gasteiger partial charge in [0.1, 0.15) is 0 Å². The van der Waals surface area contributed by atoms with Crippen molar-refractivity contribution in [1.82, 2.24) is 0 Å². The molecule has 0 N–H and O–H groups in total. The molecule has 1 nitrogen and oxygen atoms in total. The van der Waals surface area contributed by atoms with E-state index in [1.165, 1.54) is 19.3 Å². The van der Waals surface area contributed by atoms with Crippen LogP contribution >= 0.6 is 0 Å². The van der Waals surface area contributed by atoms with E-state index in [0.717, 1.165) is 12.8 Å². The third-order valence-corrected chi connectivity index (χ3v) is 1.55. The molecular formula is C6H11O. The highest BCUT2D eigenvalue weighted by Gasteiger charge is 2.09. The lowest BCUT2D eigenvalue weighted by molar-refractivity contribution is 0.0564. The molecule has 1 aliphatic rings. The minimum Gasteiger partial charge on any atom is -0.233 e. The lowest BCUT2D eigenvalue weighted by Crippen LogP contribution is -2.08. The van der Waals surface area contributed by atoms with Crippen LogP contribution in [0.5, 0.6) is 0 Å². The summed E-state index contributed by atoms with van der Waals surface area (Å²) >= 11 is 0. The van der Waals surface area contributed by atoms with Gasteiger partial charge in [0.2, 0.25) is 0 Å². The van der Waals surface area contributed by atoms with Gasteiger partial charge in [-0.05, 0) is 12.8 Å². The zero-order chi connectivity index (χ0) is 5.11. The van der Waals surface area contributed by atoms with Crippen molar-refractivity contribution < 1.29 is 5.11 Å². The van der Waals surface area contributed by atoms with E-state index in [1.54, 1.807) is 0 Å². The number of hydrogen-bond donors (Lipinski definition) is 0. The fraction of sp³-hybridized carbons (Fsp3) is 1.00. The topological polar surface area (TPSA) is 19.9 Å². The Morgan fingerprint density at radius 3 is 1.86 bits per heavy atom. The summed E-state index contributed by atoms with van der Waals surface area (Å²) in [5, 5.41) is 10.5. The smallest absolute Gasteiger partial charge is 0.0930 e. The van der Waals surface area contributed by atoms with E-state index in [0.29, 0.717) is 0 Å². The van der Waals surface area contributed by atoms with Gasteiger partial charge in [-0.1, -0.05) is 19.3 Å². The highest BCUT2D eigenvalue weighted by Crippen LogP contribution is 2.16. The second-order valence-electron chi connectivity index (χ2n) is 2.26. The van der Waals surface area contributed by atoms with E-state index in [4.69, 9.17) is 0 Å². The van der Waals surface area contributed by atoms with Gasteiger partial charge in [0, 0.05) is 0 Å². The molecule has 0 saturated heterocycles. The van der Waals surface area contributed by atoms with Gasteiger partial charge in [0.25, 0.3) is 0 Å². The van der Waals surface area contributed by atoms with Crippen molar-refractivity contribution in [1.29, 1.82) is 0 Å². The Bertz CT molecular complexity index is 46.1. The van der Waals surface area contributed by atoms with Gasteiger partial charge in [0.15, 0.2) is 0 Å². The molecule has 0 spiro atoms. The van der Waals surface area contributed by atoms with E-state index < -0.39 is 0 Å². The molecule has 1 radical (unpaired) electrons. The Labute approximate surface area is 44.4 Å². The summed E-state index contributed by atoms with van der Waals surface area (Å²) in [6.45, 7) is 0. The van der Waals surface area contributed by atoms with Crippen LogP contribution in [0, 0.1) is 0 Å². The Hall–Kier alpha value is -0.0400. The van der Waals surface area contributed by atoms with Gasteiger partial charge in [0.05, 0.1) is 6.10 Å². The highest BCUT2D eigenvalue weighted by molar-refractivity contribution is 4.61. The summed E-state index contributed by atoms with van der Waals surface area (Å²) in [4.78, 5) is 0. The van der Waals surface area contributed by atoms with Gasteiger partial charge < -0.3 is 0 Å². The Kier molecular flexibility index (Phi) is 1.69. The molecule has 1 heteroatoms. The average Bonchev–Trinajstić information content (AvgIpc) is 1.69. The SMILES string of the molecule is [O]C1CCCCC1. The molecule has 7 heavy (non-hydrogen) atoms. The first-order chi connectivity index (χ1) is 3.39. The monoisotopic (exact) mass is 99.1 g/mol. The predicted octanol–water partition coefficient (Wildman–Crippen LogP) is 1.75. The van der Waals surface area contributed by atoms with Crippen LogP contribution in [0.25, 0.3) is 0 Å². The molecule has 1 rings (SSSR count). The first-order valence-corrected chi connectivity index (χ1v) is 3.05. The molecule has 0 unspecified atom stereocenters. The summed E-state index contributed by atoms with van der Waals surface area (Å²) in [6.07, 6.45) is 5.29. The second-order valence-corrected chi connectivity index (χ2v) is 2.26. The second kappa shape index (κ2) is 2.31. The van der Waals surface area contributed by atoms with Gasteiger partial charge in [-0.15, -0.1) is 0 Å². The molecule has 0 heterocycles. The lowest BCUT2D eigenvalue weighted by Gasteiger charge is -2.12. The van der Waals surface area contributed by atoms with Crippen molar-refractivity contribution in [3.8, 4) is 0 Å². The predicted molar refractivity (Wildman–Crippen MR) is 27.6 cm³/mol. The van der Waals surface area contributed by atoms with E-state index in [9.17, 15) is 5.11 Å². The molecule has 1 aliphatic carbocycles. The Morgan fingerprint density at radius 1 is 1.00 bits per heavy atom. The standard InChI is InChI=1S/C6H11O/c7-6-4-2-1-3-5-6/h6H,1-5H2. The minimum absolute atomic E-state index is 0.214. The van der Waals surface area contributed by atoms with E-state index in [2.05, 4.69) is 0 Å². The molecule has 0 amide bonds. The highest BCUT2D eigenvalue weighted by atomic mass is 16.3. The summed E-state index contributed by atoms with van der Waals surface area (Å²) in [5.41, 5.74) is 0. The average molecular weight is 99.2 g/mol. The maximum atomic E-state index is 10.5. The first-order valence-electron chi connectivity index (χ1n) is 3.05. The quantitative estimate of drug-likeness (QED) is 0.441. The fourth-order valence-electron chi connectivity index (χ4n) is 1.07. The van der Waals surface area contributed by atoms with Crippen molar-refractivity contribution in [2.45, 2.75) is 38.2 Å². The van der Waals surface area contributed by atoms with Crippen LogP contribution in [-0.4, -0.2) is 6.10 Å². The van der Waals surface area contributed by atoms with E-state index in [1.807, 2.05) is 0 Å². The minimum atomic E-state index is -0.214. The summed E-state index contributed by atoms with van der Waals surface area (Å²) < 4.78 is 0. The zero-order valence-electron chi connectivity index (χ0n) is 4.52. The van der Waals surface area contributed by atoms with Crippen LogP contribution < -0.4 is 0 Å². The molecule has 1 fully saturated rings. The molecule has 0 aliphatic heterocycles. The third-order valence-electron chi connectivity index (χ3n) is 1.55. The molecule has 41 valence electrons. The van der Waals surface area contributed by atoms with Crippen LogP contribution in [0.3, 0.4) is 0 Å². The van der Waals surface area contributed by atoms with Crippen molar-refractivity contribution in [2.24, 2.45) is 0 Å². The van der Waals surface area contributed by atoms with E-state index in [-0.39, 0.29) is 6.10 Å². The maximum absolute atomic E-state index is 10.5. The van der Waals surface area contributed by atoms with Crippen LogP contribution in [-0.2, 0) is 5.11 Å². The van der Waals surface area contributed by atoms with Crippen LogP contribution in [0.4, 0.5) is 0 Å². The van der Waals surface area contributed by atoms with E-state index >= 15 is 0 Å². The molecule has 0 aromatic heterocycles. The maximum Gasteiger partial charge on any atom is 0.0930 e. The van der Waals surface area contributed by atoms with Crippen molar-refractivity contribution in [2.75, 3.05) is 0 Å². The number of rotatable bonds is 0. The van der Waals surface area contributed by atoms with Crippen molar-refractivity contribution >= 4 is 0 Å². The van der Waals surface area contributed by atoms with Gasteiger partial charge in [-0.3, -0.25) is 0 Å². The van der Waals surface area contributed by atoms with Gasteiger partial charge in [-0.25, -0.2) is 5.11 Å². The van der Waals surface area contributed by atoms with Gasteiger partial charge >= 0.3 is 0 Å².